The Kier molecular flexibility index (Phi) is 4.27. The summed E-state index contributed by atoms with van der Waals surface area (Å²) in [6.45, 7) is 5.17. The fourth-order valence-electron chi connectivity index (χ4n) is 4.03. The molecule has 0 fully saturated rings. The second kappa shape index (κ2) is 6.60. The predicted molar refractivity (Wildman–Crippen MR) is 108 cm³/mol. The summed E-state index contributed by atoms with van der Waals surface area (Å²) < 4.78 is 2.00. The normalized spacial score (nSPS) is 13.2. The zero-order valence-electron chi connectivity index (χ0n) is 15.5. The lowest BCUT2D eigenvalue weighted by Crippen LogP contribution is -2.11. The fourth-order valence-corrected chi connectivity index (χ4v) is 4.03. The van der Waals surface area contributed by atoms with Gasteiger partial charge in [-0.1, -0.05) is 44.9 Å². The number of phenols is 1. The van der Waals surface area contributed by atoms with Crippen LogP contribution in [0.5, 0.6) is 5.75 Å². The number of rotatable bonds is 6. The Labute approximate surface area is 153 Å². The highest BCUT2D eigenvalue weighted by Gasteiger charge is 2.25. The second-order valence-electron chi connectivity index (χ2n) is 7.09. The van der Waals surface area contributed by atoms with Gasteiger partial charge in [0.25, 0.3) is 0 Å². The number of aryl methyl sites for hydroxylation is 2. The minimum atomic E-state index is 0.325. The van der Waals surface area contributed by atoms with Crippen LogP contribution in [0.3, 0.4) is 0 Å². The average Bonchev–Trinajstić information content (AvgIpc) is 3.03. The van der Waals surface area contributed by atoms with Crippen LogP contribution in [0.4, 0.5) is 0 Å². The van der Waals surface area contributed by atoms with Gasteiger partial charge in [-0.2, -0.15) is 5.10 Å². The highest BCUT2D eigenvalue weighted by Crippen LogP contribution is 2.41. The molecule has 0 atom stereocenters. The smallest absolute Gasteiger partial charge is 0.123 e. The van der Waals surface area contributed by atoms with Crippen molar-refractivity contribution in [2.75, 3.05) is 0 Å². The molecule has 0 spiro atoms. The molecule has 0 bridgehead atoms. The third-order valence-electron chi connectivity index (χ3n) is 5.32. The average molecular weight is 347 g/mol. The first-order chi connectivity index (χ1) is 12.7. The summed E-state index contributed by atoms with van der Waals surface area (Å²) in [4.78, 5) is 0. The summed E-state index contributed by atoms with van der Waals surface area (Å²) in [7, 11) is 0. The number of fused-ring (bicyclic) bond motifs is 2. The van der Waals surface area contributed by atoms with Gasteiger partial charge in [-0.15, -0.1) is 0 Å². The number of benzene rings is 2. The molecule has 4 rings (SSSR count). The molecule has 0 saturated heterocycles. The van der Waals surface area contributed by atoms with Crippen LogP contribution in [0.2, 0.25) is 0 Å². The van der Waals surface area contributed by atoms with Gasteiger partial charge in [-0.3, -0.25) is 10.1 Å². The van der Waals surface area contributed by atoms with E-state index in [0.29, 0.717) is 11.5 Å². The number of phenolic OH excluding ortho intramolecular Hbond substituents is 1. The van der Waals surface area contributed by atoms with Crippen LogP contribution in [0.25, 0.3) is 27.8 Å². The monoisotopic (exact) mass is 347 g/mol. The zero-order valence-corrected chi connectivity index (χ0v) is 15.5. The molecule has 4 heteroatoms. The van der Waals surface area contributed by atoms with Crippen LogP contribution in [0.1, 0.15) is 56.4 Å². The number of hydrogen-bond donors (Lipinski definition) is 2. The number of unbranched alkanes of at least 4 members (excludes halogenated alkanes) is 2. The molecule has 0 unspecified atom stereocenters. The van der Waals surface area contributed by atoms with E-state index < -0.39 is 0 Å². The lowest BCUT2D eigenvalue weighted by Gasteiger charge is -2.17. The van der Waals surface area contributed by atoms with Gasteiger partial charge >= 0.3 is 0 Å². The van der Waals surface area contributed by atoms with Crippen LogP contribution in [-0.4, -0.2) is 20.6 Å². The number of aromatic nitrogens is 2. The third kappa shape index (κ3) is 2.44. The Morgan fingerprint density at radius 2 is 1.88 bits per heavy atom. The van der Waals surface area contributed by atoms with Gasteiger partial charge in [-0.25, -0.2) is 0 Å². The molecule has 1 heterocycles. The Bertz CT molecular complexity index is 1040. The highest BCUT2D eigenvalue weighted by atomic mass is 16.3. The van der Waals surface area contributed by atoms with Gasteiger partial charge in [0, 0.05) is 22.7 Å². The van der Waals surface area contributed by atoms with Crippen molar-refractivity contribution in [1.29, 1.82) is 5.41 Å². The first-order valence-corrected chi connectivity index (χ1v) is 9.61. The highest BCUT2D eigenvalue weighted by molar-refractivity contribution is 6.25. The van der Waals surface area contributed by atoms with E-state index in [-0.39, 0.29) is 0 Å². The second-order valence-corrected chi connectivity index (χ2v) is 7.09. The lowest BCUT2D eigenvalue weighted by molar-refractivity contribution is 0.481. The minimum absolute atomic E-state index is 0.325. The fraction of sp³-hybridized carbons (Fsp3) is 0.364. The van der Waals surface area contributed by atoms with E-state index in [0.717, 1.165) is 71.6 Å². The molecule has 1 aliphatic carbocycles. The first kappa shape index (κ1) is 16.8. The SMILES string of the molecule is CCCCc1c2c3c(n(CCCC)nc3c3cccc(O)c13)C(=N)C=C2. The summed E-state index contributed by atoms with van der Waals surface area (Å²) in [5, 5.41) is 27.0. The number of allylic oxidation sites excluding steroid dienone is 1. The van der Waals surface area contributed by atoms with Crippen LogP contribution in [-0.2, 0) is 13.0 Å². The van der Waals surface area contributed by atoms with Gasteiger partial charge in [0.1, 0.15) is 11.3 Å². The van der Waals surface area contributed by atoms with Gasteiger partial charge < -0.3 is 5.11 Å². The van der Waals surface area contributed by atoms with Crippen LogP contribution < -0.4 is 0 Å². The summed E-state index contributed by atoms with van der Waals surface area (Å²) in [6.07, 6.45) is 9.16. The Morgan fingerprint density at radius 3 is 2.65 bits per heavy atom. The quantitative estimate of drug-likeness (QED) is 0.624. The standard InChI is InChI=1S/C22H25N3O/c1-3-5-8-14-15-11-12-17(23)22-20(15)21(24-25(22)13-6-4-2)16-9-7-10-18(26)19(14)16/h7,9-12,23,26H,3-6,8,13H2,1-2H3. The maximum Gasteiger partial charge on any atom is 0.123 e. The van der Waals surface area contributed by atoms with Crippen molar-refractivity contribution in [2.24, 2.45) is 0 Å². The molecule has 134 valence electrons. The minimum Gasteiger partial charge on any atom is -0.507 e. The molecule has 0 amide bonds. The molecule has 2 N–H and O–H groups in total. The predicted octanol–water partition coefficient (Wildman–Crippen LogP) is 5.43. The zero-order chi connectivity index (χ0) is 18.3. The van der Waals surface area contributed by atoms with E-state index in [1.165, 1.54) is 5.56 Å². The van der Waals surface area contributed by atoms with E-state index >= 15 is 0 Å². The van der Waals surface area contributed by atoms with Crippen molar-refractivity contribution in [3.05, 3.63) is 41.1 Å². The van der Waals surface area contributed by atoms with Crippen molar-refractivity contribution < 1.29 is 5.11 Å². The van der Waals surface area contributed by atoms with Crippen molar-refractivity contribution in [2.45, 2.75) is 52.5 Å². The summed E-state index contributed by atoms with van der Waals surface area (Å²) in [5.41, 5.74) is 4.68. The molecule has 26 heavy (non-hydrogen) atoms. The Hall–Kier alpha value is -2.62. The molecule has 3 aromatic rings. The van der Waals surface area contributed by atoms with Crippen LogP contribution in [0, 0.1) is 5.41 Å². The van der Waals surface area contributed by atoms with Crippen molar-refractivity contribution in [3.63, 3.8) is 0 Å². The van der Waals surface area contributed by atoms with Gasteiger partial charge in [0.05, 0.1) is 11.4 Å². The van der Waals surface area contributed by atoms with Crippen LogP contribution >= 0.6 is 0 Å². The van der Waals surface area contributed by atoms with E-state index in [2.05, 4.69) is 13.8 Å². The van der Waals surface area contributed by atoms with Gasteiger partial charge in [-0.05, 0) is 42.5 Å². The molecule has 0 saturated carbocycles. The molecule has 4 nitrogen and oxygen atoms in total. The maximum atomic E-state index is 10.6. The summed E-state index contributed by atoms with van der Waals surface area (Å²) in [6, 6.07) is 5.70. The molecule has 0 radical (unpaired) electrons. The van der Waals surface area contributed by atoms with E-state index in [1.54, 1.807) is 6.07 Å². The molecular formula is C22H25N3O. The number of hydrogen-bond acceptors (Lipinski definition) is 3. The van der Waals surface area contributed by atoms with E-state index in [9.17, 15) is 5.11 Å². The molecule has 1 aliphatic rings. The summed E-state index contributed by atoms with van der Waals surface area (Å²) in [5.74, 6) is 0.325. The molecule has 1 aromatic heterocycles. The Balaban J connectivity index is 2.12. The van der Waals surface area contributed by atoms with Crippen molar-refractivity contribution in [1.82, 2.24) is 9.78 Å². The van der Waals surface area contributed by atoms with E-state index in [1.807, 2.05) is 29.0 Å². The molecule has 0 aliphatic heterocycles. The summed E-state index contributed by atoms with van der Waals surface area (Å²) >= 11 is 0. The lowest BCUT2D eigenvalue weighted by atomic mass is 9.87. The third-order valence-corrected chi connectivity index (χ3v) is 5.32. The number of aromatic hydroxyl groups is 1. The number of nitrogens with zero attached hydrogens (tertiary/aromatic N) is 2. The van der Waals surface area contributed by atoms with Gasteiger partial charge in [0.2, 0.25) is 0 Å². The van der Waals surface area contributed by atoms with Gasteiger partial charge in [0.15, 0.2) is 0 Å². The topological polar surface area (TPSA) is 61.9 Å². The largest absolute Gasteiger partial charge is 0.507 e. The number of nitrogens with one attached hydrogen (secondary N) is 1. The van der Waals surface area contributed by atoms with Crippen molar-refractivity contribution >= 4 is 33.5 Å². The Morgan fingerprint density at radius 1 is 1.08 bits per heavy atom. The van der Waals surface area contributed by atoms with Crippen LogP contribution in [0.15, 0.2) is 24.3 Å². The maximum absolute atomic E-state index is 10.6. The molecular weight excluding hydrogens is 322 g/mol. The first-order valence-electron chi connectivity index (χ1n) is 9.61. The van der Waals surface area contributed by atoms with Crippen molar-refractivity contribution in [3.8, 4) is 5.75 Å². The molecule has 2 aromatic carbocycles. The van der Waals surface area contributed by atoms with E-state index in [4.69, 9.17) is 10.5 Å².